The van der Waals surface area contributed by atoms with Crippen LogP contribution in [0.4, 0.5) is 0 Å². The second kappa shape index (κ2) is 7.04. The van der Waals surface area contributed by atoms with E-state index in [1.165, 1.54) is 5.56 Å². The number of rotatable bonds is 5. The van der Waals surface area contributed by atoms with E-state index in [4.69, 9.17) is 5.73 Å². The number of nitrogens with two attached hydrogens (primary N) is 1. The van der Waals surface area contributed by atoms with Crippen molar-refractivity contribution in [1.29, 1.82) is 0 Å². The molecule has 0 aliphatic heterocycles. The highest BCUT2D eigenvalue weighted by atomic mass is 16.1. The smallest absolute Gasteiger partial charge is 0.252 e. The van der Waals surface area contributed by atoms with Crippen LogP contribution in [0.15, 0.2) is 48.5 Å². The van der Waals surface area contributed by atoms with Crippen molar-refractivity contribution < 1.29 is 4.79 Å². The molecule has 2 rings (SSSR count). The van der Waals surface area contributed by atoms with Gasteiger partial charge in [0.2, 0.25) is 0 Å². The lowest BCUT2D eigenvalue weighted by atomic mass is 10.0. The maximum atomic E-state index is 12.5. The van der Waals surface area contributed by atoms with Crippen LogP contribution < -0.4 is 11.1 Å². The van der Waals surface area contributed by atoms with Crippen molar-refractivity contribution in [1.82, 2.24) is 5.32 Å². The van der Waals surface area contributed by atoms with E-state index >= 15 is 0 Å². The van der Waals surface area contributed by atoms with Gasteiger partial charge in [0.05, 0.1) is 6.04 Å². The molecule has 1 amide bonds. The van der Waals surface area contributed by atoms with Crippen LogP contribution in [-0.2, 0) is 6.42 Å². The SMILES string of the molecule is Cc1ccccc1[C@H](C)NC(=O)c1ccccc1CCN. The van der Waals surface area contributed by atoms with E-state index < -0.39 is 0 Å². The number of amides is 1. The first kappa shape index (κ1) is 15.3. The normalized spacial score (nSPS) is 12.0. The van der Waals surface area contributed by atoms with Gasteiger partial charge in [0.1, 0.15) is 0 Å². The molecule has 0 fully saturated rings. The fourth-order valence-corrected chi connectivity index (χ4v) is 2.54. The lowest BCUT2D eigenvalue weighted by Gasteiger charge is -2.17. The van der Waals surface area contributed by atoms with Gasteiger partial charge in [-0.25, -0.2) is 0 Å². The van der Waals surface area contributed by atoms with E-state index in [1.54, 1.807) is 0 Å². The molecule has 3 N–H and O–H groups in total. The third-order valence-electron chi connectivity index (χ3n) is 3.68. The Labute approximate surface area is 126 Å². The van der Waals surface area contributed by atoms with Crippen LogP contribution in [0.5, 0.6) is 0 Å². The van der Waals surface area contributed by atoms with Crippen LogP contribution in [0.3, 0.4) is 0 Å². The van der Waals surface area contributed by atoms with Crippen LogP contribution in [0, 0.1) is 6.92 Å². The van der Waals surface area contributed by atoms with Gasteiger partial charge in [0, 0.05) is 5.56 Å². The zero-order valence-corrected chi connectivity index (χ0v) is 12.6. The second-order valence-electron chi connectivity index (χ2n) is 5.25. The van der Waals surface area contributed by atoms with E-state index in [9.17, 15) is 4.79 Å². The molecule has 0 aliphatic carbocycles. The van der Waals surface area contributed by atoms with E-state index in [0.29, 0.717) is 18.5 Å². The summed E-state index contributed by atoms with van der Waals surface area (Å²) in [6.45, 7) is 4.60. The molecule has 0 bridgehead atoms. The number of nitrogens with one attached hydrogen (secondary N) is 1. The first-order valence-electron chi connectivity index (χ1n) is 7.28. The van der Waals surface area contributed by atoms with Gasteiger partial charge in [-0.05, 0) is 49.6 Å². The molecule has 0 radical (unpaired) electrons. The van der Waals surface area contributed by atoms with Crippen molar-refractivity contribution in [2.24, 2.45) is 5.73 Å². The van der Waals surface area contributed by atoms with Crippen LogP contribution in [0.1, 0.15) is 40.0 Å². The van der Waals surface area contributed by atoms with Gasteiger partial charge in [0.15, 0.2) is 0 Å². The van der Waals surface area contributed by atoms with Gasteiger partial charge < -0.3 is 11.1 Å². The molecule has 0 heterocycles. The van der Waals surface area contributed by atoms with Gasteiger partial charge in [0.25, 0.3) is 5.91 Å². The molecule has 3 nitrogen and oxygen atoms in total. The van der Waals surface area contributed by atoms with Gasteiger partial charge in [-0.15, -0.1) is 0 Å². The molecule has 0 spiro atoms. The maximum absolute atomic E-state index is 12.5. The van der Waals surface area contributed by atoms with E-state index in [0.717, 1.165) is 11.1 Å². The Hall–Kier alpha value is -2.13. The minimum absolute atomic E-state index is 0.0235. The van der Waals surface area contributed by atoms with Crippen LogP contribution >= 0.6 is 0 Å². The van der Waals surface area contributed by atoms with Crippen LogP contribution in [0.25, 0.3) is 0 Å². The van der Waals surface area contributed by atoms with Gasteiger partial charge >= 0.3 is 0 Å². The summed E-state index contributed by atoms with van der Waals surface area (Å²) in [5, 5.41) is 3.07. The van der Waals surface area contributed by atoms with E-state index in [-0.39, 0.29) is 11.9 Å². The van der Waals surface area contributed by atoms with Gasteiger partial charge in [-0.1, -0.05) is 42.5 Å². The first-order chi connectivity index (χ1) is 10.1. The molecule has 0 saturated heterocycles. The molecule has 1 atom stereocenters. The monoisotopic (exact) mass is 282 g/mol. The molecular weight excluding hydrogens is 260 g/mol. The number of hydrogen-bond acceptors (Lipinski definition) is 2. The number of hydrogen-bond donors (Lipinski definition) is 2. The Kier molecular flexibility index (Phi) is 5.12. The average Bonchev–Trinajstić information content (AvgIpc) is 2.48. The average molecular weight is 282 g/mol. The Balaban J connectivity index is 2.17. The summed E-state index contributed by atoms with van der Waals surface area (Å²) in [6, 6.07) is 15.7. The number of aryl methyl sites for hydroxylation is 1. The van der Waals surface area contributed by atoms with Crippen molar-refractivity contribution >= 4 is 5.91 Å². The molecular formula is C18H22N2O. The van der Waals surface area contributed by atoms with Crippen molar-refractivity contribution in [3.8, 4) is 0 Å². The van der Waals surface area contributed by atoms with Crippen LogP contribution in [0.2, 0.25) is 0 Å². The maximum Gasteiger partial charge on any atom is 0.252 e. The highest BCUT2D eigenvalue weighted by Crippen LogP contribution is 2.18. The van der Waals surface area contributed by atoms with Crippen molar-refractivity contribution in [3.05, 3.63) is 70.8 Å². The molecule has 2 aromatic carbocycles. The lowest BCUT2D eigenvalue weighted by molar-refractivity contribution is 0.0939. The summed E-state index contributed by atoms with van der Waals surface area (Å²) in [5.41, 5.74) is 9.64. The third kappa shape index (κ3) is 3.70. The summed E-state index contributed by atoms with van der Waals surface area (Å²) >= 11 is 0. The Morgan fingerprint density at radius 3 is 2.52 bits per heavy atom. The summed E-state index contributed by atoms with van der Waals surface area (Å²) < 4.78 is 0. The number of carbonyl (C=O) groups is 1. The third-order valence-corrected chi connectivity index (χ3v) is 3.68. The van der Waals surface area contributed by atoms with Gasteiger partial charge in [-0.3, -0.25) is 4.79 Å². The topological polar surface area (TPSA) is 55.1 Å². The molecule has 0 saturated carbocycles. The Morgan fingerprint density at radius 1 is 1.14 bits per heavy atom. The first-order valence-corrected chi connectivity index (χ1v) is 7.28. The van der Waals surface area contributed by atoms with E-state index in [2.05, 4.69) is 18.3 Å². The number of benzene rings is 2. The number of carbonyl (C=O) groups excluding carboxylic acids is 1. The van der Waals surface area contributed by atoms with E-state index in [1.807, 2.05) is 49.4 Å². The molecule has 21 heavy (non-hydrogen) atoms. The summed E-state index contributed by atoms with van der Waals surface area (Å²) in [7, 11) is 0. The molecule has 0 aromatic heterocycles. The van der Waals surface area contributed by atoms with Crippen LogP contribution in [-0.4, -0.2) is 12.5 Å². The highest BCUT2D eigenvalue weighted by molar-refractivity contribution is 5.95. The van der Waals surface area contributed by atoms with Crippen molar-refractivity contribution in [2.75, 3.05) is 6.54 Å². The Morgan fingerprint density at radius 2 is 1.81 bits per heavy atom. The molecule has 0 aliphatic rings. The summed E-state index contributed by atoms with van der Waals surface area (Å²) in [4.78, 5) is 12.5. The fourth-order valence-electron chi connectivity index (χ4n) is 2.54. The van der Waals surface area contributed by atoms with Gasteiger partial charge in [-0.2, -0.15) is 0 Å². The predicted molar refractivity (Wildman–Crippen MR) is 86.3 cm³/mol. The molecule has 2 aromatic rings. The zero-order valence-electron chi connectivity index (χ0n) is 12.6. The lowest BCUT2D eigenvalue weighted by Crippen LogP contribution is -2.28. The second-order valence-corrected chi connectivity index (χ2v) is 5.25. The Bertz CT molecular complexity index is 622. The molecule has 3 heteroatoms. The van der Waals surface area contributed by atoms with Crippen molar-refractivity contribution in [2.45, 2.75) is 26.3 Å². The zero-order chi connectivity index (χ0) is 15.2. The standard InChI is InChI=1S/C18H22N2O/c1-13-7-3-5-9-16(13)14(2)20-18(21)17-10-6-4-8-15(17)11-12-19/h3-10,14H,11-12,19H2,1-2H3,(H,20,21)/t14-/m0/s1. The summed E-state index contributed by atoms with van der Waals surface area (Å²) in [6.07, 6.45) is 0.711. The summed E-state index contributed by atoms with van der Waals surface area (Å²) in [5.74, 6) is -0.0465. The minimum Gasteiger partial charge on any atom is -0.345 e. The molecule has 0 unspecified atom stereocenters. The largest absolute Gasteiger partial charge is 0.345 e. The highest BCUT2D eigenvalue weighted by Gasteiger charge is 2.15. The fraction of sp³-hybridized carbons (Fsp3) is 0.278. The molecule has 110 valence electrons. The predicted octanol–water partition coefficient (Wildman–Crippen LogP) is 2.99. The minimum atomic E-state index is -0.0465. The quantitative estimate of drug-likeness (QED) is 0.885. The van der Waals surface area contributed by atoms with Crippen molar-refractivity contribution in [3.63, 3.8) is 0 Å².